The molecule has 1 aliphatic rings. The molecule has 214 valence electrons. The van der Waals surface area contributed by atoms with Crippen LogP contribution in [0.5, 0.6) is 5.75 Å². The number of pyridine rings is 1. The Balaban J connectivity index is 0.00000370. The van der Waals surface area contributed by atoms with Crippen molar-refractivity contribution < 1.29 is 17.9 Å². The number of nitrogens with two attached hydrogens (primary N) is 1. The van der Waals surface area contributed by atoms with Crippen molar-refractivity contribution in [1.82, 2.24) is 19.4 Å². The summed E-state index contributed by atoms with van der Waals surface area (Å²) in [7, 11) is 0. The van der Waals surface area contributed by atoms with Crippen LogP contribution in [0.2, 0.25) is 5.02 Å². The SMILES string of the molecule is Cl.NCCCn1cc(-c2ccc(OC(F)(F)F)cc2)c2cc(CN3CCN(Cc4ncccc4Cl)CC3)ccc21. The van der Waals surface area contributed by atoms with Gasteiger partial charge >= 0.3 is 6.36 Å². The molecule has 2 N–H and O–H groups in total. The highest BCUT2D eigenvalue weighted by Gasteiger charge is 2.31. The highest BCUT2D eigenvalue weighted by Crippen LogP contribution is 2.34. The Morgan fingerprint density at radius 1 is 0.950 bits per heavy atom. The van der Waals surface area contributed by atoms with Crippen molar-refractivity contribution in [3.8, 4) is 16.9 Å². The van der Waals surface area contributed by atoms with E-state index in [4.69, 9.17) is 17.3 Å². The molecule has 6 nitrogen and oxygen atoms in total. The Labute approximate surface area is 242 Å². The van der Waals surface area contributed by atoms with Gasteiger partial charge in [0, 0.05) is 74.7 Å². The van der Waals surface area contributed by atoms with Crippen LogP contribution in [0.3, 0.4) is 0 Å². The standard InChI is InChI=1S/C29H31ClF3N5O.ClH/c30-26-3-1-11-35-27(26)20-37-15-13-36(14-16-37)18-21-4-9-28-24(17-21)25(19-38(28)12-2-10-34)22-5-7-23(8-6-22)39-29(31,32)33;/h1,3-9,11,17,19H,2,10,12-16,18,20,34H2;1H. The summed E-state index contributed by atoms with van der Waals surface area (Å²) >= 11 is 6.29. The third kappa shape index (κ3) is 7.47. The van der Waals surface area contributed by atoms with E-state index in [-0.39, 0.29) is 18.2 Å². The quantitative estimate of drug-likeness (QED) is 0.245. The minimum atomic E-state index is -4.72. The van der Waals surface area contributed by atoms with Gasteiger partial charge in [0.25, 0.3) is 0 Å². The van der Waals surface area contributed by atoms with E-state index in [0.29, 0.717) is 11.6 Å². The monoisotopic (exact) mass is 593 g/mol. The van der Waals surface area contributed by atoms with Crippen molar-refractivity contribution in [3.05, 3.63) is 83.3 Å². The zero-order chi connectivity index (χ0) is 27.4. The molecule has 1 fully saturated rings. The van der Waals surface area contributed by atoms with Crippen molar-refractivity contribution in [1.29, 1.82) is 0 Å². The van der Waals surface area contributed by atoms with Gasteiger partial charge in [-0.1, -0.05) is 29.8 Å². The molecule has 0 radical (unpaired) electrons. The Morgan fingerprint density at radius 2 is 1.65 bits per heavy atom. The molecule has 2 aromatic carbocycles. The van der Waals surface area contributed by atoms with E-state index in [1.165, 1.54) is 17.7 Å². The summed E-state index contributed by atoms with van der Waals surface area (Å²) in [6.07, 6.45) is -0.0515. The van der Waals surface area contributed by atoms with Gasteiger partial charge in [0.1, 0.15) is 5.75 Å². The normalized spacial score (nSPS) is 14.8. The van der Waals surface area contributed by atoms with Gasteiger partial charge in [0.2, 0.25) is 0 Å². The summed E-state index contributed by atoms with van der Waals surface area (Å²) in [5, 5.41) is 1.77. The average Bonchev–Trinajstić information content (AvgIpc) is 3.27. The van der Waals surface area contributed by atoms with E-state index in [9.17, 15) is 13.2 Å². The lowest BCUT2D eigenvalue weighted by Crippen LogP contribution is -2.45. The number of alkyl halides is 3. The minimum absolute atomic E-state index is 0. The number of fused-ring (bicyclic) bond motifs is 1. The van der Waals surface area contributed by atoms with Gasteiger partial charge in [-0.3, -0.25) is 14.8 Å². The molecule has 2 aromatic heterocycles. The van der Waals surface area contributed by atoms with Gasteiger partial charge in [-0.2, -0.15) is 0 Å². The first-order chi connectivity index (χ1) is 18.8. The molecule has 1 aliphatic heterocycles. The number of halogens is 5. The van der Waals surface area contributed by atoms with Crippen LogP contribution in [0.25, 0.3) is 22.0 Å². The number of ether oxygens (including phenoxy) is 1. The van der Waals surface area contributed by atoms with Gasteiger partial charge < -0.3 is 15.0 Å². The number of aromatic nitrogens is 2. The molecule has 4 aromatic rings. The van der Waals surface area contributed by atoms with Gasteiger partial charge in [-0.05, 0) is 60.5 Å². The van der Waals surface area contributed by atoms with E-state index < -0.39 is 6.36 Å². The maximum absolute atomic E-state index is 12.6. The first kappa shape index (κ1) is 30.1. The number of hydrogen-bond donors (Lipinski definition) is 1. The molecule has 40 heavy (non-hydrogen) atoms. The first-order valence-corrected chi connectivity index (χ1v) is 13.4. The maximum Gasteiger partial charge on any atom is 0.573 e. The summed E-state index contributed by atoms with van der Waals surface area (Å²) in [6.45, 7) is 6.65. The second-order valence-corrected chi connectivity index (χ2v) is 10.2. The van der Waals surface area contributed by atoms with E-state index in [0.717, 1.165) is 80.0 Å². The molecule has 0 spiro atoms. The average molecular weight is 595 g/mol. The Bertz CT molecular complexity index is 1400. The molecule has 11 heteroatoms. The van der Waals surface area contributed by atoms with E-state index in [1.54, 1.807) is 18.3 Å². The van der Waals surface area contributed by atoms with Crippen molar-refractivity contribution in [2.75, 3.05) is 32.7 Å². The summed E-state index contributed by atoms with van der Waals surface area (Å²) in [4.78, 5) is 9.22. The number of aryl methyl sites for hydroxylation is 1. The summed E-state index contributed by atoms with van der Waals surface area (Å²) in [5.74, 6) is -0.233. The molecule has 0 atom stereocenters. The van der Waals surface area contributed by atoms with Crippen LogP contribution in [-0.4, -0.2) is 58.4 Å². The molecule has 0 bridgehead atoms. The lowest BCUT2D eigenvalue weighted by atomic mass is 10.0. The van der Waals surface area contributed by atoms with Crippen LogP contribution in [0, 0.1) is 0 Å². The summed E-state index contributed by atoms with van der Waals surface area (Å²) in [6, 6.07) is 16.3. The number of piperazine rings is 1. The fraction of sp³-hybridized carbons (Fsp3) is 0.345. The summed E-state index contributed by atoms with van der Waals surface area (Å²) in [5.41, 5.74) is 10.7. The number of hydrogen-bond acceptors (Lipinski definition) is 5. The molecule has 0 saturated carbocycles. The third-order valence-corrected chi connectivity index (χ3v) is 7.37. The predicted octanol–water partition coefficient (Wildman–Crippen LogP) is 6.34. The van der Waals surface area contributed by atoms with Crippen LogP contribution in [0.4, 0.5) is 13.2 Å². The van der Waals surface area contributed by atoms with Crippen molar-refractivity contribution >= 4 is 34.9 Å². The number of nitrogens with zero attached hydrogens (tertiary/aromatic N) is 4. The highest BCUT2D eigenvalue weighted by atomic mass is 35.5. The van der Waals surface area contributed by atoms with E-state index in [1.807, 2.05) is 12.1 Å². The molecule has 0 amide bonds. The minimum Gasteiger partial charge on any atom is -0.406 e. The Hall–Kier alpha value is -2.82. The van der Waals surface area contributed by atoms with Crippen LogP contribution >= 0.6 is 24.0 Å². The van der Waals surface area contributed by atoms with Crippen LogP contribution < -0.4 is 10.5 Å². The van der Waals surface area contributed by atoms with Crippen molar-refractivity contribution in [2.45, 2.75) is 32.4 Å². The molecule has 0 aliphatic carbocycles. The molecule has 3 heterocycles. The predicted molar refractivity (Wildman–Crippen MR) is 155 cm³/mol. The smallest absolute Gasteiger partial charge is 0.406 e. The van der Waals surface area contributed by atoms with Gasteiger partial charge in [0.15, 0.2) is 0 Å². The topological polar surface area (TPSA) is 59.6 Å². The van der Waals surface area contributed by atoms with Crippen LogP contribution in [0.15, 0.2) is 67.0 Å². The molecular formula is C29H32Cl2F3N5O. The van der Waals surface area contributed by atoms with Crippen molar-refractivity contribution in [3.63, 3.8) is 0 Å². The zero-order valence-corrected chi connectivity index (χ0v) is 23.5. The second-order valence-electron chi connectivity index (χ2n) is 9.79. The Morgan fingerprint density at radius 3 is 2.30 bits per heavy atom. The molecule has 5 rings (SSSR count). The number of benzene rings is 2. The second kappa shape index (κ2) is 13.2. The summed E-state index contributed by atoms with van der Waals surface area (Å²) < 4.78 is 44.1. The first-order valence-electron chi connectivity index (χ1n) is 13.0. The fourth-order valence-corrected chi connectivity index (χ4v) is 5.25. The van der Waals surface area contributed by atoms with Crippen LogP contribution in [0.1, 0.15) is 17.7 Å². The number of rotatable bonds is 9. The van der Waals surface area contributed by atoms with Crippen molar-refractivity contribution in [2.24, 2.45) is 5.73 Å². The molecular weight excluding hydrogens is 562 g/mol. The molecule has 1 saturated heterocycles. The van der Waals surface area contributed by atoms with Gasteiger partial charge in [0.05, 0.1) is 10.7 Å². The van der Waals surface area contributed by atoms with E-state index >= 15 is 0 Å². The van der Waals surface area contributed by atoms with Gasteiger partial charge in [-0.15, -0.1) is 25.6 Å². The third-order valence-electron chi connectivity index (χ3n) is 7.03. The highest BCUT2D eigenvalue weighted by molar-refractivity contribution is 6.31. The lowest BCUT2D eigenvalue weighted by Gasteiger charge is -2.34. The van der Waals surface area contributed by atoms with Gasteiger partial charge in [-0.25, -0.2) is 0 Å². The zero-order valence-electron chi connectivity index (χ0n) is 21.9. The Kier molecular flexibility index (Phi) is 9.97. The maximum atomic E-state index is 12.6. The molecule has 0 unspecified atom stereocenters. The van der Waals surface area contributed by atoms with Crippen LogP contribution in [-0.2, 0) is 19.6 Å². The fourth-order valence-electron chi connectivity index (χ4n) is 5.07. The lowest BCUT2D eigenvalue weighted by molar-refractivity contribution is -0.274. The van der Waals surface area contributed by atoms with E-state index in [2.05, 4.69) is 48.5 Å². The largest absolute Gasteiger partial charge is 0.573 e.